The van der Waals surface area contributed by atoms with Gasteiger partial charge in [-0.05, 0) is 56.0 Å². The fourth-order valence-corrected chi connectivity index (χ4v) is 4.11. The number of hydrogen-bond acceptors (Lipinski definition) is 6. The Morgan fingerprint density at radius 2 is 1.69 bits per heavy atom. The maximum atomic E-state index is 12.9. The molecule has 1 fully saturated rings. The van der Waals surface area contributed by atoms with Gasteiger partial charge in [-0.25, -0.2) is 15.0 Å². The second-order valence-corrected chi connectivity index (χ2v) is 8.43. The Morgan fingerprint density at radius 3 is 2.31 bits per heavy atom. The van der Waals surface area contributed by atoms with Gasteiger partial charge >= 0.3 is 18.2 Å². The number of pyridine rings is 1. The molecule has 0 atom stereocenters. The molecule has 3 aromatic heterocycles. The molecule has 1 aromatic carbocycles. The summed E-state index contributed by atoms with van der Waals surface area (Å²) in [6, 6.07) is 7.11. The first-order chi connectivity index (χ1) is 16.8. The third kappa shape index (κ3) is 4.93. The van der Waals surface area contributed by atoms with E-state index >= 15 is 0 Å². The summed E-state index contributed by atoms with van der Waals surface area (Å²) < 4.78 is 44.6. The molecule has 0 radical (unpaired) electrons. The van der Waals surface area contributed by atoms with Gasteiger partial charge in [0.25, 0.3) is 0 Å². The van der Waals surface area contributed by atoms with Crippen molar-refractivity contribution < 1.29 is 27.8 Å². The van der Waals surface area contributed by atoms with Crippen molar-refractivity contribution in [1.82, 2.24) is 24.9 Å². The van der Waals surface area contributed by atoms with Gasteiger partial charge in [0.1, 0.15) is 11.9 Å². The highest BCUT2D eigenvalue weighted by molar-refractivity contribution is 5.80. The van der Waals surface area contributed by atoms with Gasteiger partial charge in [0.05, 0.1) is 28.2 Å². The number of halogens is 3. The molecule has 1 saturated carbocycles. The molecule has 0 unspecified atom stereocenters. The number of ether oxygens (including phenoxy) is 1. The Labute approximate surface area is 197 Å². The van der Waals surface area contributed by atoms with Gasteiger partial charge in [-0.1, -0.05) is 0 Å². The average molecular weight is 483 g/mol. The van der Waals surface area contributed by atoms with E-state index in [1.165, 1.54) is 6.07 Å². The summed E-state index contributed by atoms with van der Waals surface area (Å²) in [5, 5.41) is 9.09. The molecular formula is C24H20F3N5O3. The van der Waals surface area contributed by atoms with E-state index in [1.54, 1.807) is 30.7 Å². The molecule has 180 valence electrons. The predicted octanol–water partition coefficient (Wildman–Crippen LogP) is 5.12. The molecule has 2 N–H and O–H groups in total. The van der Waals surface area contributed by atoms with Crippen LogP contribution in [-0.4, -0.2) is 42.1 Å². The zero-order chi connectivity index (χ0) is 24.6. The van der Waals surface area contributed by atoms with Crippen molar-refractivity contribution in [2.45, 2.75) is 38.0 Å². The summed E-state index contributed by atoms with van der Waals surface area (Å²) in [7, 11) is 0. The van der Waals surface area contributed by atoms with Gasteiger partial charge in [-0.2, -0.15) is 13.2 Å². The van der Waals surface area contributed by atoms with Crippen LogP contribution in [0.1, 0.15) is 31.2 Å². The lowest BCUT2D eigenvalue weighted by atomic mass is 9.87. The SMILES string of the molecule is O=C(O)C1CCC(Oc2ncc(-c3ccc(-c4nc5cc(C(F)(F)F)ccc5[nH]4)cn3)cn2)CC1. The van der Waals surface area contributed by atoms with E-state index in [0.717, 1.165) is 12.1 Å². The summed E-state index contributed by atoms with van der Waals surface area (Å²) in [5.41, 5.74) is 1.86. The molecule has 1 aliphatic rings. The largest absolute Gasteiger partial charge is 0.481 e. The number of carbonyl (C=O) groups is 1. The number of nitrogens with one attached hydrogen (secondary N) is 1. The normalized spacial score (nSPS) is 18.5. The number of imidazole rings is 1. The van der Waals surface area contributed by atoms with Crippen LogP contribution in [0.5, 0.6) is 6.01 Å². The van der Waals surface area contributed by atoms with E-state index in [9.17, 15) is 18.0 Å². The van der Waals surface area contributed by atoms with Crippen LogP contribution in [0, 0.1) is 5.92 Å². The summed E-state index contributed by atoms with van der Waals surface area (Å²) in [6.45, 7) is 0. The van der Waals surface area contributed by atoms with Gasteiger partial charge < -0.3 is 14.8 Å². The minimum absolute atomic E-state index is 0.107. The van der Waals surface area contributed by atoms with E-state index in [1.807, 2.05) is 0 Å². The number of rotatable bonds is 5. The lowest BCUT2D eigenvalue weighted by Crippen LogP contribution is -2.28. The number of carboxylic acid groups (broad SMARTS) is 1. The van der Waals surface area contributed by atoms with Crippen LogP contribution in [0.25, 0.3) is 33.7 Å². The number of nitrogens with zero attached hydrogens (tertiary/aromatic N) is 4. The first kappa shape index (κ1) is 22.8. The number of carboxylic acids is 1. The van der Waals surface area contributed by atoms with Crippen LogP contribution in [-0.2, 0) is 11.0 Å². The number of H-pyrrole nitrogens is 1. The minimum Gasteiger partial charge on any atom is -0.481 e. The van der Waals surface area contributed by atoms with Gasteiger partial charge in [-0.3, -0.25) is 9.78 Å². The first-order valence-electron chi connectivity index (χ1n) is 11.0. The summed E-state index contributed by atoms with van der Waals surface area (Å²) >= 11 is 0. The topological polar surface area (TPSA) is 114 Å². The molecule has 0 bridgehead atoms. The van der Waals surface area contributed by atoms with Crippen LogP contribution in [0.3, 0.4) is 0 Å². The third-order valence-electron chi connectivity index (χ3n) is 6.07. The molecule has 0 aliphatic heterocycles. The monoisotopic (exact) mass is 483 g/mol. The lowest BCUT2D eigenvalue weighted by molar-refractivity contribution is -0.143. The minimum atomic E-state index is -4.43. The quantitative estimate of drug-likeness (QED) is 0.405. The van der Waals surface area contributed by atoms with Gasteiger partial charge in [0, 0.05) is 29.7 Å². The van der Waals surface area contributed by atoms with E-state index in [-0.39, 0.29) is 23.5 Å². The molecule has 3 heterocycles. The van der Waals surface area contributed by atoms with E-state index in [2.05, 4.69) is 24.9 Å². The standard InChI is InChI=1S/C24H20F3N5O3/c25-24(26,27)16-4-8-19-20(9-16)32-21(31-19)14-3-7-18(28-10-14)15-11-29-23(30-12-15)35-17-5-1-13(2-6-17)22(33)34/h3-4,7-13,17H,1-2,5-6H2,(H,31,32)(H,33,34). The first-order valence-corrected chi connectivity index (χ1v) is 11.0. The highest BCUT2D eigenvalue weighted by Gasteiger charge is 2.31. The third-order valence-corrected chi connectivity index (χ3v) is 6.07. The molecule has 8 nitrogen and oxygen atoms in total. The van der Waals surface area contributed by atoms with Gasteiger partial charge in [0.15, 0.2) is 0 Å². The number of aliphatic carboxylic acids is 1. The highest BCUT2D eigenvalue weighted by atomic mass is 19.4. The second kappa shape index (κ2) is 8.97. The Kier molecular flexibility index (Phi) is 5.83. The van der Waals surface area contributed by atoms with E-state index in [0.29, 0.717) is 53.8 Å². The van der Waals surface area contributed by atoms with Crippen LogP contribution in [0.15, 0.2) is 48.9 Å². The molecule has 11 heteroatoms. The zero-order valence-corrected chi connectivity index (χ0v) is 18.3. The zero-order valence-electron chi connectivity index (χ0n) is 18.3. The number of fused-ring (bicyclic) bond motifs is 1. The van der Waals surface area contributed by atoms with Gasteiger partial charge in [0.2, 0.25) is 0 Å². The van der Waals surface area contributed by atoms with Crippen molar-refractivity contribution in [3.63, 3.8) is 0 Å². The number of benzene rings is 1. The van der Waals surface area contributed by atoms with Gasteiger partial charge in [-0.15, -0.1) is 0 Å². The second-order valence-electron chi connectivity index (χ2n) is 8.43. The number of aromatic amines is 1. The molecule has 0 spiro atoms. The van der Waals surface area contributed by atoms with E-state index in [4.69, 9.17) is 9.84 Å². The van der Waals surface area contributed by atoms with Crippen molar-refractivity contribution in [3.8, 4) is 28.7 Å². The van der Waals surface area contributed by atoms with Crippen molar-refractivity contribution >= 4 is 17.0 Å². The maximum Gasteiger partial charge on any atom is 0.416 e. The number of hydrogen-bond donors (Lipinski definition) is 2. The predicted molar refractivity (Wildman–Crippen MR) is 119 cm³/mol. The van der Waals surface area contributed by atoms with Crippen LogP contribution < -0.4 is 4.74 Å². The Balaban J connectivity index is 1.26. The number of alkyl halides is 3. The van der Waals surface area contributed by atoms with Crippen LogP contribution in [0.4, 0.5) is 13.2 Å². The Bertz CT molecular complexity index is 1350. The average Bonchev–Trinajstić information content (AvgIpc) is 3.28. The Morgan fingerprint density at radius 1 is 0.971 bits per heavy atom. The van der Waals surface area contributed by atoms with E-state index < -0.39 is 17.7 Å². The number of aromatic nitrogens is 5. The maximum absolute atomic E-state index is 12.9. The summed E-state index contributed by atoms with van der Waals surface area (Å²) in [6.07, 6.45) is 2.65. The van der Waals surface area contributed by atoms with Crippen molar-refractivity contribution in [3.05, 3.63) is 54.5 Å². The molecule has 1 aliphatic carbocycles. The molecule has 5 rings (SSSR count). The smallest absolute Gasteiger partial charge is 0.416 e. The van der Waals surface area contributed by atoms with Crippen molar-refractivity contribution in [1.29, 1.82) is 0 Å². The van der Waals surface area contributed by atoms with Crippen LogP contribution >= 0.6 is 0 Å². The highest BCUT2D eigenvalue weighted by Crippen LogP contribution is 2.32. The molecule has 35 heavy (non-hydrogen) atoms. The lowest BCUT2D eigenvalue weighted by Gasteiger charge is -2.25. The Hall–Kier alpha value is -4.02. The fourth-order valence-electron chi connectivity index (χ4n) is 4.11. The summed E-state index contributed by atoms with van der Waals surface area (Å²) in [4.78, 5) is 31.2. The van der Waals surface area contributed by atoms with Crippen molar-refractivity contribution in [2.75, 3.05) is 0 Å². The fraction of sp³-hybridized carbons (Fsp3) is 0.292. The summed E-state index contributed by atoms with van der Waals surface area (Å²) in [5.74, 6) is -0.668. The van der Waals surface area contributed by atoms with Crippen LogP contribution in [0.2, 0.25) is 0 Å². The van der Waals surface area contributed by atoms with Crippen molar-refractivity contribution in [2.24, 2.45) is 5.92 Å². The molecule has 0 amide bonds. The molecular weight excluding hydrogens is 463 g/mol. The molecule has 0 saturated heterocycles. The molecule has 4 aromatic rings.